The molecule has 2 N–H and O–H groups in total. The van der Waals surface area contributed by atoms with Crippen LogP contribution in [-0.4, -0.2) is 51.8 Å². The summed E-state index contributed by atoms with van der Waals surface area (Å²) in [5.41, 5.74) is 1.08. The minimum Gasteiger partial charge on any atom is -0.481 e. The van der Waals surface area contributed by atoms with Gasteiger partial charge in [0.2, 0.25) is 0 Å². The predicted molar refractivity (Wildman–Crippen MR) is 82.3 cm³/mol. The Morgan fingerprint density at radius 1 is 1.40 bits per heavy atom. The number of halogens is 2. The van der Waals surface area contributed by atoms with Gasteiger partial charge in [-0.1, -0.05) is 12.1 Å². The number of hydrogen-bond acceptors (Lipinski definition) is 4. The van der Waals surface area contributed by atoms with Gasteiger partial charge in [-0.3, -0.25) is 14.7 Å². The zero-order valence-electron chi connectivity index (χ0n) is 13.0. The lowest BCUT2D eigenvalue weighted by Gasteiger charge is -2.16. The number of aliphatic carboxylic acids is 1. The summed E-state index contributed by atoms with van der Waals surface area (Å²) in [5, 5.41) is 15.6. The van der Waals surface area contributed by atoms with E-state index in [9.17, 15) is 18.4 Å². The van der Waals surface area contributed by atoms with Gasteiger partial charge >= 0.3 is 12.6 Å². The maximum absolute atomic E-state index is 12.7. The standard InChI is InChI=1S/C16H15F2N3O4/c17-16(18)25-11-3-1-2-9(6-11)13-12(7-19-20-13)14(22)21-5-4-10(8-21)15(23)24/h1-3,6-7,10,16H,4-5,8H2,(H,19,20)(H,23,24). The van der Waals surface area contributed by atoms with Gasteiger partial charge in [0.1, 0.15) is 5.75 Å². The van der Waals surface area contributed by atoms with Crippen LogP contribution in [0.2, 0.25) is 0 Å². The van der Waals surface area contributed by atoms with Crippen LogP contribution < -0.4 is 4.74 Å². The number of nitrogens with one attached hydrogen (secondary N) is 1. The molecule has 1 aromatic heterocycles. The normalized spacial score (nSPS) is 17.1. The minimum atomic E-state index is -2.95. The molecule has 1 aliphatic heterocycles. The number of carbonyl (C=O) groups excluding carboxylic acids is 1. The number of ether oxygens (including phenoxy) is 1. The molecule has 0 aliphatic carbocycles. The first-order valence-corrected chi connectivity index (χ1v) is 7.56. The van der Waals surface area contributed by atoms with Crippen molar-refractivity contribution in [3.8, 4) is 17.0 Å². The van der Waals surface area contributed by atoms with E-state index in [1.54, 1.807) is 6.07 Å². The topological polar surface area (TPSA) is 95.5 Å². The SMILES string of the molecule is O=C(O)C1CCN(C(=O)c2cn[nH]c2-c2cccc(OC(F)F)c2)C1. The van der Waals surface area contributed by atoms with Crippen molar-refractivity contribution < 1.29 is 28.2 Å². The molecule has 1 unspecified atom stereocenters. The molecule has 1 saturated heterocycles. The largest absolute Gasteiger partial charge is 0.481 e. The van der Waals surface area contributed by atoms with E-state index in [1.807, 2.05) is 0 Å². The molecule has 0 bridgehead atoms. The number of likely N-dealkylation sites (tertiary alicyclic amines) is 1. The average molecular weight is 351 g/mol. The van der Waals surface area contributed by atoms with Crippen molar-refractivity contribution >= 4 is 11.9 Å². The second kappa shape index (κ2) is 6.88. The summed E-state index contributed by atoms with van der Waals surface area (Å²) in [5.74, 6) is -1.90. The summed E-state index contributed by atoms with van der Waals surface area (Å²) in [6.07, 6.45) is 1.73. The summed E-state index contributed by atoms with van der Waals surface area (Å²) in [6.45, 7) is -2.47. The van der Waals surface area contributed by atoms with Crippen molar-refractivity contribution in [1.29, 1.82) is 0 Å². The van der Waals surface area contributed by atoms with Crippen LogP contribution in [0.25, 0.3) is 11.3 Å². The fourth-order valence-electron chi connectivity index (χ4n) is 2.81. The first kappa shape index (κ1) is 16.9. The van der Waals surface area contributed by atoms with Crippen molar-refractivity contribution in [1.82, 2.24) is 15.1 Å². The van der Waals surface area contributed by atoms with Crippen LogP contribution in [0.1, 0.15) is 16.8 Å². The van der Waals surface area contributed by atoms with Gasteiger partial charge in [-0.15, -0.1) is 0 Å². The number of aromatic nitrogens is 2. The van der Waals surface area contributed by atoms with Crippen molar-refractivity contribution in [2.75, 3.05) is 13.1 Å². The number of benzene rings is 1. The fourth-order valence-corrected chi connectivity index (χ4v) is 2.81. The molecular weight excluding hydrogens is 336 g/mol. The van der Waals surface area contributed by atoms with E-state index >= 15 is 0 Å². The van der Waals surface area contributed by atoms with Crippen molar-refractivity contribution in [3.63, 3.8) is 0 Å². The third-order valence-electron chi connectivity index (χ3n) is 4.04. The van der Waals surface area contributed by atoms with Crippen molar-refractivity contribution in [3.05, 3.63) is 36.0 Å². The molecule has 132 valence electrons. The molecule has 2 aromatic rings. The summed E-state index contributed by atoms with van der Waals surface area (Å²) in [4.78, 5) is 25.1. The second-order valence-corrected chi connectivity index (χ2v) is 5.64. The van der Waals surface area contributed by atoms with Gasteiger partial charge in [0.05, 0.1) is 23.4 Å². The average Bonchev–Trinajstić information content (AvgIpc) is 3.23. The van der Waals surface area contributed by atoms with E-state index in [1.165, 1.54) is 29.3 Å². The molecule has 9 heteroatoms. The number of hydrogen-bond donors (Lipinski definition) is 2. The molecule has 25 heavy (non-hydrogen) atoms. The number of carbonyl (C=O) groups is 2. The molecule has 1 aliphatic rings. The first-order chi connectivity index (χ1) is 12.0. The predicted octanol–water partition coefficient (Wildman–Crippen LogP) is 2.22. The summed E-state index contributed by atoms with van der Waals surface area (Å²) >= 11 is 0. The Morgan fingerprint density at radius 3 is 2.88 bits per heavy atom. The molecule has 0 saturated carbocycles. The van der Waals surface area contributed by atoms with Gasteiger partial charge in [-0.25, -0.2) is 0 Å². The van der Waals surface area contributed by atoms with Gasteiger partial charge in [0.25, 0.3) is 5.91 Å². The number of rotatable bonds is 5. The maximum atomic E-state index is 12.7. The zero-order valence-corrected chi connectivity index (χ0v) is 13.0. The molecular formula is C16H15F2N3O4. The Morgan fingerprint density at radius 2 is 2.20 bits per heavy atom. The molecule has 0 radical (unpaired) electrons. The van der Waals surface area contributed by atoms with Crippen LogP contribution in [0.15, 0.2) is 30.5 Å². The Balaban J connectivity index is 1.83. The van der Waals surface area contributed by atoms with E-state index in [4.69, 9.17) is 5.11 Å². The molecule has 0 spiro atoms. The van der Waals surface area contributed by atoms with Crippen LogP contribution in [0, 0.1) is 5.92 Å². The summed E-state index contributed by atoms with van der Waals surface area (Å²) < 4.78 is 29.1. The van der Waals surface area contributed by atoms with Gasteiger partial charge in [-0.05, 0) is 18.6 Å². The Bertz CT molecular complexity index is 793. The highest BCUT2D eigenvalue weighted by molar-refractivity contribution is 6.00. The number of H-pyrrole nitrogens is 1. The monoisotopic (exact) mass is 351 g/mol. The fraction of sp³-hybridized carbons (Fsp3) is 0.312. The molecule has 3 rings (SSSR count). The smallest absolute Gasteiger partial charge is 0.387 e. The molecule has 1 fully saturated rings. The molecule has 1 atom stereocenters. The van der Waals surface area contributed by atoms with E-state index in [-0.39, 0.29) is 23.8 Å². The number of alkyl halides is 2. The second-order valence-electron chi connectivity index (χ2n) is 5.64. The molecule has 7 nitrogen and oxygen atoms in total. The summed E-state index contributed by atoms with van der Waals surface area (Å²) in [7, 11) is 0. The Kier molecular flexibility index (Phi) is 4.64. The van der Waals surface area contributed by atoms with Crippen LogP contribution in [0.3, 0.4) is 0 Å². The van der Waals surface area contributed by atoms with Crippen molar-refractivity contribution in [2.24, 2.45) is 5.92 Å². The highest BCUT2D eigenvalue weighted by Crippen LogP contribution is 2.28. The quantitative estimate of drug-likeness (QED) is 0.861. The minimum absolute atomic E-state index is 0.0346. The van der Waals surface area contributed by atoms with Gasteiger partial charge in [0, 0.05) is 18.7 Å². The number of aromatic amines is 1. The first-order valence-electron chi connectivity index (χ1n) is 7.56. The van der Waals surface area contributed by atoms with Gasteiger partial charge in [0.15, 0.2) is 0 Å². The van der Waals surface area contributed by atoms with Crippen LogP contribution >= 0.6 is 0 Å². The van der Waals surface area contributed by atoms with Crippen LogP contribution in [0.4, 0.5) is 8.78 Å². The van der Waals surface area contributed by atoms with Gasteiger partial charge in [-0.2, -0.15) is 13.9 Å². The van der Waals surface area contributed by atoms with E-state index in [0.717, 1.165) is 0 Å². The lowest BCUT2D eigenvalue weighted by atomic mass is 10.1. The van der Waals surface area contributed by atoms with Crippen LogP contribution in [0.5, 0.6) is 5.75 Å². The van der Waals surface area contributed by atoms with Crippen LogP contribution in [-0.2, 0) is 4.79 Å². The van der Waals surface area contributed by atoms with E-state index in [0.29, 0.717) is 24.2 Å². The zero-order chi connectivity index (χ0) is 18.0. The molecule has 1 aromatic carbocycles. The molecule has 2 heterocycles. The van der Waals surface area contributed by atoms with E-state index < -0.39 is 18.5 Å². The summed E-state index contributed by atoms with van der Waals surface area (Å²) in [6, 6.07) is 5.91. The third-order valence-corrected chi connectivity index (χ3v) is 4.04. The van der Waals surface area contributed by atoms with Crippen molar-refractivity contribution in [2.45, 2.75) is 13.0 Å². The number of nitrogens with zero attached hydrogens (tertiary/aromatic N) is 2. The Labute approximate surface area is 141 Å². The Hall–Kier alpha value is -2.97. The lowest BCUT2D eigenvalue weighted by Crippen LogP contribution is -2.30. The number of carboxylic acid groups (broad SMARTS) is 1. The third kappa shape index (κ3) is 3.59. The highest BCUT2D eigenvalue weighted by atomic mass is 19.3. The van der Waals surface area contributed by atoms with E-state index in [2.05, 4.69) is 14.9 Å². The van der Waals surface area contributed by atoms with Gasteiger partial charge < -0.3 is 14.7 Å². The maximum Gasteiger partial charge on any atom is 0.387 e. The number of carboxylic acids is 1. The molecule has 1 amide bonds. The lowest BCUT2D eigenvalue weighted by molar-refractivity contribution is -0.141. The number of amides is 1. The highest BCUT2D eigenvalue weighted by Gasteiger charge is 2.32.